The molecule has 8 aromatic carbocycles. The van der Waals surface area contributed by atoms with Crippen LogP contribution in [-0.2, 0) is 28.4 Å². The van der Waals surface area contributed by atoms with E-state index in [9.17, 15) is 0 Å². The Hall–Kier alpha value is -6.16. The molecule has 0 radical (unpaired) electrons. The Kier molecular flexibility index (Phi) is 11.9. The lowest BCUT2D eigenvalue weighted by atomic mass is 9.70. The van der Waals surface area contributed by atoms with Crippen LogP contribution in [0.1, 0.15) is 62.8 Å². The molecular formula is C56H54O3. The van der Waals surface area contributed by atoms with Crippen molar-refractivity contribution in [1.82, 2.24) is 0 Å². The monoisotopic (exact) mass is 774 g/mol. The molecule has 8 aromatic rings. The van der Waals surface area contributed by atoms with Gasteiger partial charge >= 0.3 is 0 Å². The summed E-state index contributed by atoms with van der Waals surface area (Å²) in [5, 5.41) is 4.96. The average Bonchev–Trinajstić information content (AvgIpc) is 3.28. The third-order valence-electron chi connectivity index (χ3n) is 12.6. The summed E-state index contributed by atoms with van der Waals surface area (Å²) in [6.45, 7) is 9.41. The first kappa shape index (κ1) is 39.7. The van der Waals surface area contributed by atoms with E-state index in [1.807, 2.05) is 72.8 Å². The zero-order valence-electron chi connectivity index (χ0n) is 34.7. The zero-order valence-corrected chi connectivity index (χ0v) is 34.7. The molecule has 0 fully saturated rings. The molecule has 0 heterocycles. The fourth-order valence-corrected chi connectivity index (χ4v) is 8.52. The molecule has 4 atom stereocenters. The standard InChI is InChI=1S/C56H54O3/c1-5-55(3,47-33-31-43-21-13-15-23-45(43)39-47)53(37-41-19-17-29-51(35-41)57-49-25-9-7-10-26-49)59-54(38-42-20-18-30-52(36-42)58-50-27-11-8-12-28-50)56(4,6-2)48-34-32-44-22-14-16-24-46(44)40-48/h7-36,39-40,53-54H,5-6,37-38H2,1-4H3. The van der Waals surface area contributed by atoms with Gasteiger partial charge in [0.05, 0.1) is 12.2 Å². The first-order valence-corrected chi connectivity index (χ1v) is 21.1. The number of hydrogen-bond donors (Lipinski definition) is 0. The van der Waals surface area contributed by atoms with E-state index in [1.54, 1.807) is 0 Å². The highest BCUT2D eigenvalue weighted by Crippen LogP contribution is 2.43. The van der Waals surface area contributed by atoms with Gasteiger partial charge < -0.3 is 14.2 Å². The number of fused-ring (bicyclic) bond motifs is 2. The van der Waals surface area contributed by atoms with Gasteiger partial charge in [-0.2, -0.15) is 0 Å². The van der Waals surface area contributed by atoms with E-state index in [0.717, 1.165) is 35.8 Å². The summed E-state index contributed by atoms with van der Waals surface area (Å²) < 4.78 is 20.7. The van der Waals surface area contributed by atoms with Crippen LogP contribution in [0.2, 0.25) is 0 Å². The van der Waals surface area contributed by atoms with Crippen molar-refractivity contribution in [2.24, 2.45) is 0 Å². The molecule has 0 aliphatic rings. The Labute approximate surface area is 350 Å². The highest BCUT2D eigenvalue weighted by Gasteiger charge is 2.42. The van der Waals surface area contributed by atoms with Gasteiger partial charge in [-0.25, -0.2) is 0 Å². The maximum Gasteiger partial charge on any atom is 0.127 e. The first-order chi connectivity index (χ1) is 28.8. The van der Waals surface area contributed by atoms with Crippen molar-refractivity contribution in [2.45, 2.75) is 76.4 Å². The van der Waals surface area contributed by atoms with Gasteiger partial charge in [-0.3, -0.25) is 0 Å². The van der Waals surface area contributed by atoms with Crippen molar-refractivity contribution in [3.8, 4) is 23.0 Å². The second-order valence-electron chi connectivity index (χ2n) is 16.3. The van der Waals surface area contributed by atoms with E-state index < -0.39 is 0 Å². The Morgan fingerprint density at radius 1 is 0.373 bits per heavy atom. The molecule has 0 aliphatic heterocycles. The van der Waals surface area contributed by atoms with E-state index in [4.69, 9.17) is 14.2 Å². The molecule has 0 amide bonds. The van der Waals surface area contributed by atoms with Gasteiger partial charge in [-0.15, -0.1) is 0 Å². The van der Waals surface area contributed by atoms with Crippen LogP contribution in [-0.4, -0.2) is 12.2 Å². The number of benzene rings is 8. The minimum atomic E-state index is -0.338. The summed E-state index contributed by atoms with van der Waals surface area (Å²) in [7, 11) is 0. The fourth-order valence-electron chi connectivity index (χ4n) is 8.52. The maximum absolute atomic E-state index is 7.94. The predicted octanol–water partition coefficient (Wildman–Crippen LogP) is 14.9. The van der Waals surface area contributed by atoms with Gasteiger partial charge in [0.2, 0.25) is 0 Å². The minimum absolute atomic E-state index is 0.194. The van der Waals surface area contributed by atoms with Crippen LogP contribution in [0.4, 0.5) is 0 Å². The lowest BCUT2D eigenvalue weighted by molar-refractivity contribution is -0.0839. The van der Waals surface area contributed by atoms with Crippen LogP contribution in [0.5, 0.6) is 23.0 Å². The predicted molar refractivity (Wildman–Crippen MR) is 245 cm³/mol. The molecule has 8 rings (SSSR count). The van der Waals surface area contributed by atoms with Gasteiger partial charge in [0.1, 0.15) is 23.0 Å². The maximum atomic E-state index is 7.94. The average molecular weight is 775 g/mol. The summed E-state index contributed by atoms with van der Waals surface area (Å²) in [6.07, 6.45) is 2.80. The van der Waals surface area contributed by atoms with Crippen LogP contribution in [0.25, 0.3) is 21.5 Å². The Balaban J connectivity index is 1.23. The van der Waals surface area contributed by atoms with Crippen molar-refractivity contribution in [2.75, 3.05) is 0 Å². The molecule has 0 saturated carbocycles. The van der Waals surface area contributed by atoms with Crippen molar-refractivity contribution < 1.29 is 14.2 Å². The van der Waals surface area contributed by atoms with E-state index >= 15 is 0 Å². The van der Waals surface area contributed by atoms with Gasteiger partial charge in [0, 0.05) is 10.8 Å². The smallest absolute Gasteiger partial charge is 0.127 e. The number of ether oxygens (including phenoxy) is 3. The van der Waals surface area contributed by atoms with Crippen molar-refractivity contribution in [1.29, 1.82) is 0 Å². The molecule has 0 N–H and O–H groups in total. The molecule has 0 aromatic heterocycles. The normalized spacial score (nSPS) is 14.6. The summed E-state index contributed by atoms with van der Waals surface area (Å²) in [5.41, 5.74) is 4.22. The molecule has 0 aliphatic carbocycles. The van der Waals surface area contributed by atoms with Crippen LogP contribution in [0.15, 0.2) is 194 Å². The third-order valence-corrected chi connectivity index (χ3v) is 12.6. The summed E-state index contributed by atoms with van der Waals surface area (Å²) in [5.74, 6) is 3.27. The molecule has 3 nitrogen and oxygen atoms in total. The molecule has 4 unspecified atom stereocenters. The molecule has 59 heavy (non-hydrogen) atoms. The van der Waals surface area contributed by atoms with E-state index in [1.165, 1.54) is 43.8 Å². The quantitative estimate of drug-likeness (QED) is 0.0978. The van der Waals surface area contributed by atoms with Crippen molar-refractivity contribution in [3.63, 3.8) is 0 Å². The van der Waals surface area contributed by atoms with Crippen LogP contribution in [0.3, 0.4) is 0 Å². The minimum Gasteiger partial charge on any atom is -0.457 e. The lowest BCUT2D eigenvalue weighted by Gasteiger charge is -2.45. The van der Waals surface area contributed by atoms with Crippen LogP contribution >= 0.6 is 0 Å². The second-order valence-corrected chi connectivity index (χ2v) is 16.3. The highest BCUT2D eigenvalue weighted by molar-refractivity contribution is 5.84. The molecule has 0 spiro atoms. The van der Waals surface area contributed by atoms with Crippen LogP contribution < -0.4 is 9.47 Å². The third kappa shape index (κ3) is 8.97. The van der Waals surface area contributed by atoms with Gasteiger partial charge in [0.25, 0.3) is 0 Å². The SMILES string of the molecule is CCC(C)(c1ccc2ccccc2c1)C(Cc1cccc(Oc2ccccc2)c1)OC(Cc1cccc(Oc2ccccc2)c1)C(C)(CC)c1ccc2ccccc2c1. The van der Waals surface area contributed by atoms with E-state index in [0.29, 0.717) is 12.8 Å². The molecule has 0 bridgehead atoms. The summed E-state index contributed by atoms with van der Waals surface area (Å²) in [4.78, 5) is 0. The summed E-state index contributed by atoms with van der Waals surface area (Å²) >= 11 is 0. The summed E-state index contributed by atoms with van der Waals surface area (Å²) in [6, 6.07) is 68.3. The van der Waals surface area contributed by atoms with Crippen molar-refractivity contribution in [3.05, 3.63) is 216 Å². The fraction of sp³-hybridized carbons (Fsp3) is 0.214. The molecule has 0 saturated heterocycles. The topological polar surface area (TPSA) is 27.7 Å². The zero-order chi connectivity index (χ0) is 40.7. The Morgan fingerprint density at radius 2 is 0.746 bits per heavy atom. The number of para-hydroxylation sites is 2. The lowest BCUT2D eigenvalue weighted by Crippen LogP contribution is -2.48. The Morgan fingerprint density at radius 3 is 1.15 bits per heavy atom. The van der Waals surface area contributed by atoms with Gasteiger partial charge in [-0.1, -0.05) is 173 Å². The van der Waals surface area contributed by atoms with Gasteiger partial charge in [0.15, 0.2) is 0 Å². The first-order valence-electron chi connectivity index (χ1n) is 21.1. The molecular weight excluding hydrogens is 721 g/mol. The largest absolute Gasteiger partial charge is 0.457 e. The Bertz CT molecular complexity index is 2440. The highest BCUT2D eigenvalue weighted by atomic mass is 16.5. The van der Waals surface area contributed by atoms with E-state index in [-0.39, 0.29) is 23.0 Å². The van der Waals surface area contributed by atoms with Crippen LogP contribution in [0, 0.1) is 0 Å². The van der Waals surface area contributed by atoms with Gasteiger partial charge in [-0.05, 0) is 118 Å². The van der Waals surface area contributed by atoms with E-state index in [2.05, 4.69) is 149 Å². The second kappa shape index (κ2) is 17.8. The number of rotatable bonds is 16. The number of hydrogen-bond acceptors (Lipinski definition) is 3. The van der Waals surface area contributed by atoms with Crippen molar-refractivity contribution >= 4 is 21.5 Å². The molecule has 296 valence electrons. The molecule has 3 heteroatoms.